The molecule has 114 valence electrons. The summed E-state index contributed by atoms with van der Waals surface area (Å²) in [5.74, 6) is -0.377. The Morgan fingerprint density at radius 1 is 1.00 bits per heavy atom. The highest BCUT2D eigenvalue weighted by atomic mass is 16.2. The molecule has 0 unspecified atom stereocenters. The number of rotatable bonds is 4. The predicted molar refractivity (Wildman–Crippen MR) is 86.2 cm³/mol. The number of carbonyl (C=O) groups is 1. The standard InChI is InChI=1S/C17H14N4O2/c22-16-7-6-15(17(23)19-14-8-10-18-11-9-14)20-21(16)12-13-4-2-1-3-5-13/h1-11H,12H2,(H,18,19,23). The largest absolute Gasteiger partial charge is 0.320 e. The number of hydrogen-bond acceptors (Lipinski definition) is 4. The Morgan fingerprint density at radius 2 is 1.74 bits per heavy atom. The summed E-state index contributed by atoms with van der Waals surface area (Å²) < 4.78 is 1.27. The van der Waals surface area contributed by atoms with Gasteiger partial charge in [0.2, 0.25) is 0 Å². The molecule has 1 aromatic carbocycles. The molecule has 2 heterocycles. The van der Waals surface area contributed by atoms with Crippen LogP contribution in [0.3, 0.4) is 0 Å². The van der Waals surface area contributed by atoms with Crippen molar-refractivity contribution in [2.45, 2.75) is 6.54 Å². The van der Waals surface area contributed by atoms with Gasteiger partial charge in [-0.15, -0.1) is 0 Å². The third-order valence-electron chi connectivity index (χ3n) is 3.21. The number of nitrogens with one attached hydrogen (secondary N) is 1. The lowest BCUT2D eigenvalue weighted by atomic mass is 10.2. The number of anilines is 1. The summed E-state index contributed by atoms with van der Waals surface area (Å²) in [7, 11) is 0. The minimum atomic E-state index is -0.377. The van der Waals surface area contributed by atoms with E-state index in [9.17, 15) is 9.59 Å². The van der Waals surface area contributed by atoms with Crippen molar-refractivity contribution in [2.75, 3.05) is 5.32 Å². The summed E-state index contributed by atoms with van der Waals surface area (Å²) in [4.78, 5) is 28.0. The first-order valence-electron chi connectivity index (χ1n) is 7.06. The van der Waals surface area contributed by atoms with E-state index in [1.165, 1.54) is 16.8 Å². The third-order valence-corrected chi connectivity index (χ3v) is 3.21. The molecule has 6 heteroatoms. The van der Waals surface area contributed by atoms with E-state index in [4.69, 9.17) is 0 Å². The lowest BCUT2D eigenvalue weighted by molar-refractivity contribution is 0.102. The van der Waals surface area contributed by atoms with Crippen LogP contribution in [0.25, 0.3) is 0 Å². The highest BCUT2D eigenvalue weighted by Gasteiger charge is 2.10. The zero-order valence-corrected chi connectivity index (χ0v) is 12.2. The third kappa shape index (κ3) is 3.68. The monoisotopic (exact) mass is 306 g/mol. The molecule has 0 atom stereocenters. The molecule has 23 heavy (non-hydrogen) atoms. The van der Waals surface area contributed by atoms with Gasteiger partial charge >= 0.3 is 0 Å². The van der Waals surface area contributed by atoms with Gasteiger partial charge in [0.05, 0.1) is 6.54 Å². The Labute approximate surface area is 132 Å². The number of hydrogen-bond donors (Lipinski definition) is 1. The van der Waals surface area contributed by atoms with Crippen molar-refractivity contribution >= 4 is 11.6 Å². The highest BCUT2D eigenvalue weighted by Crippen LogP contribution is 2.06. The van der Waals surface area contributed by atoms with Crippen LogP contribution >= 0.6 is 0 Å². The SMILES string of the molecule is O=C(Nc1ccncc1)c1ccc(=O)n(Cc2ccccc2)n1. The van der Waals surface area contributed by atoms with Crippen LogP contribution in [0.1, 0.15) is 16.1 Å². The zero-order valence-electron chi connectivity index (χ0n) is 12.2. The fourth-order valence-corrected chi connectivity index (χ4v) is 2.07. The maximum Gasteiger partial charge on any atom is 0.276 e. The quantitative estimate of drug-likeness (QED) is 0.799. The molecule has 0 spiro atoms. The van der Waals surface area contributed by atoms with Gasteiger partial charge in [-0.1, -0.05) is 30.3 Å². The fraction of sp³-hybridized carbons (Fsp3) is 0.0588. The van der Waals surface area contributed by atoms with E-state index < -0.39 is 0 Å². The van der Waals surface area contributed by atoms with Gasteiger partial charge in [-0.2, -0.15) is 5.10 Å². The predicted octanol–water partition coefficient (Wildman–Crippen LogP) is 1.94. The van der Waals surface area contributed by atoms with E-state index in [1.54, 1.807) is 24.5 Å². The van der Waals surface area contributed by atoms with Crippen LogP contribution < -0.4 is 10.9 Å². The van der Waals surface area contributed by atoms with Crippen LogP contribution in [-0.4, -0.2) is 20.7 Å². The van der Waals surface area contributed by atoms with E-state index in [0.717, 1.165) is 5.56 Å². The van der Waals surface area contributed by atoms with Crippen molar-refractivity contribution in [2.24, 2.45) is 0 Å². The van der Waals surface area contributed by atoms with Gasteiger partial charge in [-0.25, -0.2) is 4.68 Å². The van der Waals surface area contributed by atoms with Crippen LogP contribution in [0.4, 0.5) is 5.69 Å². The molecule has 2 aromatic heterocycles. The Bertz CT molecular complexity index is 861. The second-order valence-corrected chi connectivity index (χ2v) is 4.89. The Morgan fingerprint density at radius 3 is 2.48 bits per heavy atom. The Kier molecular flexibility index (Phi) is 4.24. The molecule has 1 amide bonds. The van der Waals surface area contributed by atoms with Gasteiger partial charge in [0.1, 0.15) is 5.69 Å². The number of amides is 1. The average Bonchev–Trinajstić information content (AvgIpc) is 2.58. The van der Waals surface area contributed by atoms with Crippen molar-refractivity contribution in [3.05, 3.63) is 88.6 Å². The molecule has 0 saturated carbocycles. The van der Waals surface area contributed by atoms with Crippen LogP contribution in [-0.2, 0) is 6.54 Å². The van der Waals surface area contributed by atoms with Crippen LogP contribution in [0.15, 0.2) is 71.8 Å². The van der Waals surface area contributed by atoms with Crippen molar-refractivity contribution in [3.63, 3.8) is 0 Å². The molecule has 3 rings (SSSR count). The second kappa shape index (κ2) is 6.65. The fourth-order valence-electron chi connectivity index (χ4n) is 2.07. The van der Waals surface area contributed by atoms with E-state index in [-0.39, 0.29) is 17.2 Å². The number of pyridine rings is 1. The van der Waals surface area contributed by atoms with E-state index in [2.05, 4.69) is 15.4 Å². The molecular formula is C17H14N4O2. The summed E-state index contributed by atoms with van der Waals surface area (Å²) in [6, 6.07) is 15.6. The van der Waals surface area contributed by atoms with Gasteiger partial charge in [0.25, 0.3) is 11.5 Å². The molecule has 3 aromatic rings. The minimum absolute atomic E-state index is 0.178. The first-order valence-corrected chi connectivity index (χ1v) is 7.06. The van der Waals surface area contributed by atoms with Crippen LogP contribution in [0.2, 0.25) is 0 Å². The second-order valence-electron chi connectivity index (χ2n) is 4.89. The van der Waals surface area contributed by atoms with Crippen molar-refractivity contribution < 1.29 is 4.79 Å². The maximum atomic E-state index is 12.2. The molecular weight excluding hydrogens is 292 g/mol. The Hall–Kier alpha value is -3.28. The number of carbonyl (C=O) groups excluding carboxylic acids is 1. The van der Waals surface area contributed by atoms with E-state index in [1.807, 2.05) is 30.3 Å². The van der Waals surface area contributed by atoms with Gasteiger partial charge < -0.3 is 5.32 Å². The first-order chi connectivity index (χ1) is 11.2. The normalized spacial score (nSPS) is 10.3. The molecule has 0 saturated heterocycles. The number of nitrogens with zero attached hydrogens (tertiary/aromatic N) is 3. The molecule has 1 N–H and O–H groups in total. The summed E-state index contributed by atoms with van der Waals surface area (Å²) in [6.45, 7) is 0.316. The molecule has 0 radical (unpaired) electrons. The molecule has 0 aliphatic rings. The van der Waals surface area contributed by atoms with Gasteiger partial charge in [-0.3, -0.25) is 14.6 Å². The number of benzene rings is 1. The number of aromatic nitrogens is 3. The minimum Gasteiger partial charge on any atom is -0.320 e. The summed E-state index contributed by atoms with van der Waals surface area (Å²) in [5.41, 5.74) is 1.48. The molecule has 0 aliphatic heterocycles. The summed E-state index contributed by atoms with van der Waals surface area (Å²) >= 11 is 0. The average molecular weight is 306 g/mol. The summed E-state index contributed by atoms with van der Waals surface area (Å²) in [6.07, 6.45) is 3.17. The summed E-state index contributed by atoms with van der Waals surface area (Å²) in [5, 5.41) is 6.85. The topological polar surface area (TPSA) is 76.9 Å². The maximum absolute atomic E-state index is 12.2. The van der Waals surface area contributed by atoms with E-state index in [0.29, 0.717) is 12.2 Å². The van der Waals surface area contributed by atoms with Crippen molar-refractivity contribution in [1.29, 1.82) is 0 Å². The van der Waals surface area contributed by atoms with Crippen molar-refractivity contribution in [3.8, 4) is 0 Å². The molecule has 0 bridgehead atoms. The molecule has 0 fully saturated rings. The van der Waals surface area contributed by atoms with Crippen molar-refractivity contribution in [1.82, 2.24) is 14.8 Å². The highest BCUT2D eigenvalue weighted by molar-refractivity contribution is 6.02. The van der Waals surface area contributed by atoms with Gasteiger partial charge in [0, 0.05) is 24.1 Å². The van der Waals surface area contributed by atoms with E-state index >= 15 is 0 Å². The van der Waals surface area contributed by atoms with Crippen LogP contribution in [0.5, 0.6) is 0 Å². The van der Waals surface area contributed by atoms with Gasteiger partial charge in [-0.05, 0) is 23.8 Å². The van der Waals surface area contributed by atoms with Crippen LogP contribution in [0, 0.1) is 0 Å². The molecule has 6 nitrogen and oxygen atoms in total. The lowest BCUT2D eigenvalue weighted by Crippen LogP contribution is -2.26. The first kappa shape index (κ1) is 14.6. The molecule has 0 aliphatic carbocycles. The smallest absolute Gasteiger partial charge is 0.276 e. The van der Waals surface area contributed by atoms with Gasteiger partial charge in [0.15, 0.2) is 0 Å². The Balaban J connectivity index is 1.82. The lowest BCUT2D eigenvalue weighted by Gasteiger charge is -2.08. The zero-order chi connectivity index (χ0) is 16.1.